The summed E-state index contributed by atoms with van der Waals surface area (Å²) in [5, 5.41) is 10.6. The van der Waals surface area contributed by atoms with Crippen LogP contribution < -0.4 is 4.90 Å². The molecule has 0 bridgehead atoms. The second-order valence-corrected chi connectivity index (χ2v) is 10.7. The van der Waals surface area contributed by atoms with Crippen LogP contribution in [0.5, 0.6) is 0 Å². The van der Waals surface area contributed by atoms with E-state index in [4.69, 9.17) is 32.7 Å². The SMILES string of the molecule is CC(C)(C)OC(=O)N1CCn2c(cc3c(N(CC#N)C(=O)OC(C)(C)C)cc(Cl)c(Cl)c32)C1. The first-order valence-corrected chi connectivity index (χ1v) is 11.3. The highest BCUT2D eigenvalue weighted by Gasteiger charge is 2.31. The van der Waals surface area contributed by atoms with E-state index in [0.717, 1.165) is 5.69 Å². The largest absolute Gasteiger partial charge is 0.444 e. The third-order valence-corrected chi connectivity index (χ3v) is 5.65. The highest BCUT2D eigenvalue weighted by Crippen LogP contribution is 2.41. The lowest BCUT2D eigenvalue weighted by atomic mass is 10.2. The molecule has 0 N–H and O–H groups in total. The van der Waals surface area contributed by atoms with E-state index < -0.39 is 23.4 Å². The number of nitrogens with zero attached hydrogens (tertiary/aromatic N) is 4. The maximum atomic E-state index is 12.9. The van der Waals surface area contributed by atoms with Gasteiger partial charge in [0.2, 0.25) is 0 Å². The minimum Gasteiger partial charge on any atom is -0.444 e. The van der Waals surface area contributed by atoms with Crippen molar-refractivity contribution in [2.24, 2.45) is 0 Å². The standard InChI is InChI=1S/C23H28Cl2N4O4/c1-22(2,3)32-20(30)27-9-10-28-14(13-27)11-15-17(12-16(24)18(25)19(15)28)29(8-7-26)21(31)33-23(4,5)6/h11-12H,8-10,13H2,1-6H3. The van der Waals surface area contributed by atoms with Crippen molar-refractivity contribution in [2.75, 3.05) is 18.0 Å². The summed E-state index contributed by atoms with van der Waals surface area (Å²) in [6, 6.07) is 5.43. The van der Waals surface area contributed by atoms with Crippen molar-refractivity contribution in [1.82, 2.24) is 9.47 Å². The van der Waals surface area contributed by atoms with Gasteiger partial charge in [0.25, 0.3) is 0 Å². The molecule has 0 radical (unpaired) electrons. The Labute approximate surface area is 203 Å². The van der Waals surface area contributed by atoms with E-state index in [0.29, 0.717) is 41.2 Å². The lowest BCUT2D eigenvalue weighted by Gasteiger charge is -2.31. The van der Waals surface area contributed by atoms with Gasteiger partial charge in [0.1, 0.15) is 17.7 Å². The van der Waals surface area contributed by atoms with E-state index in [1.54, 1.807) is 31.7 Å². The molecule has 0 unspecified atom stereocenters. The van der Waals surface area contributed by atoms with Crippen molar-refractivity contribution in [3.8, 4) is 6.07 Å². The molecule has 8 nitrogen and oxygen atoms in total. The summed E-state index contributed by atoms with van der Waals surface area (Å²) in [7, 11) is 0. The summed E-state index contributed by atoms with van der Waals surface area (Å²) in [4.78, 5) is 28.4. The number of hydrogen-bond acceptors (Lipinski definition) is 5. The monoisotopic (exact) mass is 494 g/mol. The van der Waals surface area contributed by atoms with Crippen LogP contribution in [0, 0.1) is 11.3 Å². The lowest BCUT2D eigenvalue weighted by molar-refractivity contribution is 0.0200. The molecule has 0 spiro atoms. The van der Waals surface area contributed by atoms with Crippen LogP contribution in [0.1, 0.15) is 47.2 Å². The number of benzene rings is 1. The summed E-state index contributed by atoms with van der Waals surface area (Å²) in [5.41, 5.74) is 0.531. The summed E-state index contributed by atoms with van der Waals surface area (Å²) in [6.07, 6.45) is -1.06. The van der Waals surface area contributed by atoms with Crippen LogP contribution in [0.4, 0.5) is 15.3 Å². The minimum atomic E-state index is -0.742. The predicted molar refractivity (Wildman–Crippen MR) is 128 cm³/mol. The molecule has 2 amide bonds. The molecule has 33 heavy (non-hydrogen) atoms. The number of fused-ring (bicyclic) bond motifs is 3. The van der Waals surface area contributed by atoms with Crippen molar-refractivity contribution < 1.29 is 19.1 Å². The van der Waals surface area contributed by atoms with Gasteiger partial charge in [-0.05, 0) is 53.7 Å². The van der Waals surface area contributed by atoms with E-state index in [-0.39, 0.29) is 11.6 Å². The number of nitriles is 1. The maximum Gasteiger partial charge on any atom is 0.415 e. The molecule has 1 aromatic carbocycles. The van der Waals surface area contributed by atoms with Gasteiger partial charge in [-0.3, -0.25) is 4.90 Å². The molecule has 0 atom stereocenters. The number of carbonyl (C=O) groups excluding carboxylic acids is 2. The van der Waals surface area contributed by atoms with Crippen LogP contribution in [0.15, 0.2) is 12.1 Å². The first-order chi connectivity index (χ1) is 15.2. The molecule has 1 aliphatic rings. The second kappa shape index (κ2) is 8.96. The highest BCUT2D eigenvalue weighted by molar-refractivity contribution is 6.45. The minimum absolute atomic E-state index is 0.230. The van der Waals surface area contributed by atoms with Crippen molar-refractivity contribution in [1.29, 1.82) is 5.26 Å². The molecule has 0 fully saturated rings. The number of ether oxygens (including phenoxy) is 2. The number of amides is 2. The van der Waals surface area contributed by atoms with Gasteiger partial charge in [0.05, 0.1) is 33.9 Å². The van der Waals surface area contributed by atoms with Crippen LogP contribution in [-0.4, -0.2) is 45.9 Å². The quantitative estimate of drug-likeness (QED) is 0.480. The van der Waals surface area contributed by atoms with Gasteiger partial charge < -0.3 is 18.9 Å². The Balaban J connectivity index is 2.07. The number of hydrogen-bond donors (Lipinski definition) is 0. The van der Waals surface area contributed by atoms with Crippen LogP contribution in [-0.2, 0) is 22.6 Å². The fourth-order valence-corrected chi connectivity index (χ4v) is 4.08. The molecule has 0 saturated carbocycles. The third kappa shape index (κ3) is 5.48. The van der Waals surface area contributed by atoms with Crippen molar-refractivity contribution in [3.63, 3.8) is 0 Å². The maximum absolute atomic E-state index is 12.9. The van der Waals surface area contributed by atoms with Gasteiger partial charge in [-0.25, -0.2) is 9.59 Å². The van der Waals surface area contributed by atoms with Crippen LogP contribution >= 0.6 is 23.2 Å². The summed E-state index contributed by atoms with van der Waals surface area (Å²) in [6.45, 7) is 11.7. The fourth-order valence-electron chi connectivity index (χ4n) is 3.63. The van der Waals surface area contributed by atoms with Crippen molar-refractivity contribution in [3.05, 3.63) is 27.9 Å². The first kappa shape index (κ1) is 25.0. The molecule has 178 valence electrons. The Morgan fingerprint density at radius 3 is 2.30 bits per heavy atom. The third-order valence-electron chi connectivity index (χ3n) is 4.87. The van der Waals surface area contributed by atoms with Gasteiger partial charge in [0, 0.05) is 24.2 Å². The van der Waals surface area contributed by atoms with Crippen LogP contribution in [0.3, 0.4) is 0 Å². The molecule has 0 aliphatic carbocycles. The normalized spacial score (nSPS) is 14.0. The van der Waals surface area contributed by atoms with E-state index >= 15 is 0 Å². The molecular weight excluding hydrogens is 467 g/mol. The molecule has 10 heteroatoms. The zero-order valence-electron chi connectivity index (χ0n) is 19.7. The average molecular weight is 495 g/mol. The van der Waals surface area contributed by atoms with Crippen LogP contribution in [0.2, 0.25) is 10.0 Å². The Kier molecular flexibility index (Phi) is 6.79. The molecule has 2 heterocycles. The van der Waals surface area contributed by atoms with Gasteiger partial charge >= 0.3 is 12.2 Å². The Morgan fingerprint density at radius 1 is 1.09 bits per heavy atom. The van der Waals surface area contributed by atoms with Crippen molar-refractivity contribution in [2.45, 2.75) is 65.8 Å². The number of rotatable bonds is 2. The lowest BCUT2D eigenvalue weighted by Crippen LogP contribution is -2.41. The summed E-state index contributed by atoms with van der Waals surface area (Å²) >= 11 is 13.0. The number of anilines is 1. The first-order valence-electron chi connectivity index (χ1n) is 10.6. The number of halogens is 2. The van der Waals surface area contributed by atoms with Gasteiger partial charge in [-0.2, -0.15) is 5.26 Å². The molecule has 1 aliphatic heterocycles. The molecule has 3 rings (SSSR count). The topological polar surface area (TPSA) is 87.8 Å². The van der Waals surface area contributed by atoms with Crippen LogP contribution in [0.25, 0.3) is 10.9 Å². The second-order valence-electron chi connectivity index (χ2n) is 9.87. The Morgan fingerprint density at radius 2 is 1.73 bits per heavy atom. The van der Waals surface area contributed by atoms with E-state index in [1.807, 2.05) is 37.5 Å². The smallest absolute Gasteiger partial charge is 0.415 e. The summed E-state index contributed by atoms with van der Waals surface area (Å²) < 4.78 is 13.0. The fraction of sp³-hybridized carbons (Fsp3) is 0.522. The molecule has 1 aromatic heterocycles. The average Bonchev–Trinajstić information content (AvgIpc) is 3.05. The molecule has 0 saturated heterocycles. The zero-order chi connectivity index (χ0) is 24.7. The van der Waals surface area contributed by atoms with E-state index in [2.05, 4.69) is 0 Å². The number of aromatic nitrogens is 1. The van der Waals surface area contributed by atoms with E-state index in [9.17, 15) is 14.9 Å². The Hall–Kier alpha value is -2.63. The Bertz CT molecular complexity index is 1140. The van der Waals surface area contributed by atoms with Gasteiger partial charge in [-0.1, -0.05) is 23.2 Å². The summed E-state index contributed by atoms with van der Waals surface area (Å²) in [5.74, 6) is 0. The van der Waals surface area contributed by atoms with Gasteiger partial charge in [-0.15, -0.1) is 0 Å². The highest BCUT2D eigenvalue weighted by atomic mass is 35.5. The predicted octanol–water partition coefficient (Wildman–Crippen LogP) is 5.96. The van der Waals surface area contributed by atoms with Gasteiger partial charge in [0.15, 0.2) is 0 Å². The van der Waals surface area contributed by atoms with E-state index in [1.165, 1.54) is 4.90 Å². The molecule has 2 aromatic rings. The zero-order valence-corrected chi connectivity index (χ0v) is 21.2. The number of carbonyl (C=O) groups is 2. The van der Waals surface area contributed by atoms with Crippen molar-refractivity contribution >= 4 is 52.0 Å². The molecular formula is C23H28Cl2N4O4.